The minimum Gasteiger partial charge on any atom is -0.473 e. The van der Waals surface area contributed by atoms with Gasteiger partial charge in [-0.15, -0.1) is 0 Å². The summed E-state index contributed by atoms with van der Waals surface area (Å²) in [6, 6.07) is 5.45. The van der Waals surface area contributed by atoms with Crippen molar-refractivity contribution >= 4 is 17.5 Å². The van der Waals surface area contributed by atoms with E-state index in [-0.39, 0.29) is 18.1 Å². The summed E-state index contributed by atoms with van der Waals surface area (Å²) >= 11 is 0. The van der Waals surface area contributed by atoms with Crippen molar-refractivity contribution in [3.63, 3.8) is 0 Å². The molecular formula is C21H30N6O2. The minimum absolute atomic E-state index is 0.0175. The van der Waals surface area contributed by atoms with Crippen LogP contribution in [-0.4, -0.2) is 58.2 Å². The maximum Gasteiger partial charge on any atom is 0.322 e. The van der Waals surface area contributed by atoms with Gasteiger partial charge in [0.2, 0.25) is 5.88 Å². The molecule has 0 saturated carbocycles. The number of aromatic nitrogens is 3. The Balaban J connectivity index is 1.62. The molecule has 0 radical (unpaired) electrons. The number of carbonyl (C=O) groups is 1. The molecule has 2 aromatic rings. The van der Waals surface area contributed by atoms with E-state index in [9.17, 15) is 4.79 Å². The highest BCUT2D eigenvalue weighted by atomic mass is 16.5. The van der Waals surface area contributed by atoms with E-state index < -0.39 is 0 Å². The number of pyridine rings is 1. The number of ether oxygens (including phenoxy) is 1. The Morgan fingerprint density at radius 2 is 1.86 bits per heavy atom. The van der Waals surface area contributed by atoms with Gasteiger partial charge in [-0.2, -0.15) is 0 Å². The standard InChI is InChI=1S/C21H30N6O2/c1-14(2)19-23-16(5)13-18(25-19)26-9-11-27(12-10-26)21(28)24-17-7-6-8-22-20(17)29-15(3)4/h6-8,13-15H,9-12H2,1-5H3,(H,24,28). The quantitative estimate of drug-likeness (QED) is 0.831. The molecule has 156 valence electrons. The van der Waals surface area contributed by atoms with Crippen molar-refractivity contribution in [2.45, 2.75) is 46.6 Å². The van der Waals surface area contributed by atoms with E-state index in [2.05, 4.69) is 34.0 Å². The lowest BCUT2D eigenvalue weighted by molar-refractivity contribution is 0.207. The van der Waals surface area contributed by atoms with Crippen LogP contribution >= 0.6 is 0 Å². The predicted octanol–water partition coefficient (Wildman–Crippen LogP) is 3.44. The van der Waals surface area contributed by atoms with Crippen LogP contribution in [0.15, 0.2) is 24.4 Å². The zero-order valence-electron chi connectivity index (χ0n) is 17.8. The zero-order chi connectivity index (χ0) is 21.0. The smallest absolute Gasteiger partial charge is 0.322 e. The number of piperazine rings is 1. The molecule has 3 rings (SSSR count). The van der Waals surface area contributed by atoms with Gasteiger partial charge in [-0.05, 0) is 32.9 Å². The van der Waals surface area contributed by atoms with Crippen LogP contribution in [0.5, 0.6) is 5.88 Å². The highest BCUT2D eigenvalue weighted by Crippen LogP contribution is 2.23. The summed E-state index contributed by atoms with van der Waals surface area (Å²) in [5, 5.41) is 2.93. The predicted molar refractivity (Wildman–Crippen MR) is 114 cm³/mol. The van der Waals surface area contributed by atoms with Gasteiger partial charge in [0.1, 0.15) is 17.3 Å². The second kappa shape index (κ2) is 9.07. The molecule has 0 aliphatic carbocycles. The lowest BCUT2D eigenvalue weighted by Gasteiger charge is -2.35. The summed E-state index contributed by atoms with van der Waals surface area (Å²) in [7, 11) is 0. The van der Waals surface area contributed by atoms with E-state index >= 15 is 0 Å². The molecule has 1 saturated heterocycles. The van der Waals surface area contributed by atoms with Gasteiger partial charge in [-0.1, -0.05) is 13.8 Å². The number of nitrogens with one attached hydrogen (secondary N) is 1. The molecule has 8 heteroatoms. The maximum absolute atomic E-state index is 12.7. The highest BCUT2D eigenvalue weighted by Gasteiger charge is 2.23. The van der Waals surface area contributed by atoms with Crippen molar-refractivity contribution in [3.8, 4) is 5.88 Å². The zero-order valence-corrected chi connectivity index (χ0v) is 17.8. The first-order chi connectivity index (χ1) is 13.8. The first kappa shape index (κ1) is 20.8. The van der Waals surface area contributed by atoms with Crippen molar-refractivity contribution in [1.82, 2.24) is 19.9 Å². The fourth-order valence-electron chi connectivity index (χ4n) is 3.13. The van der Waals surface area contributed by atoms with Gasteiger partial charge in [0.15, 0.2) is 0 Å². The lowest BCUT2D eigenvalue weighted by atomic mass is 10.2. The van der Waals surface area contributed by atoms with Crippen LogP contribution in [0.2, 0.25) is 0 Å². The maximum atomic E-state index is 12.7. The molecule has 1 N–H and O–H groups in total. The number of hydrogen-bond donors (Lipinski definition) is 1. The molecule has 29 heavy (non-hydrogen) atoms. The van der Waals surface area contributed by atoms with Crippen LogP contribution in [0, 0.1) is 6.92 Å². The summed E-state index contributed by atoms with van der Waals surface area (Å²) < 4.78 is 5.68. The van der Waals surface area contributed by atoms with Crippen LogP contribution in [0.4, 0.5) is 16.3 Å². The molecule has 0 bridgehead atoms. The summed E-state index contributed by atoms with van der Waals surface area (Å²) in [5.74, 6) is 2.50. The van der Waals surface area contributed by atoms with E-state index in [4.69, 9.17) is 9.72 Å². The number of aryl methyl sites for hydroxylation is 1. The monoisotopic (exact) mass is 398 g/mol. The molecule has 0 spiro atoms. The molecule has 3 heterocycles. The third-order valence-corrected chi connectivity index (χ3v) is 4.63. The highest BCUT2D eigenvalue weighted by molar-refractivity contribution is 5.90. The van der Waals surface area contributed by atoms with Crippen molar-refractivity contribution in [2.24, 2.45) is 0 Å². The van der Waals surface area contributed by atoms with Gasteiger partial charge in [0.25, 0.3) is 0 Å². The molecule has 2 amide bonds. The Kier molecular flexibility index (Phi) is 6.51. The van der Waals surface area contributed by atoms with E-state index in [0.717, 1.165) is 30.4 Å². The topological polar surface area (TPSA) is 83.5 Å². The Bertz CT molecular complexity index is 847. The van der Waals surface area contributed by atoms with Gasteiger partial charge >= 0.3 is 6.03 Å². The first-order valence-electron chi connectivity index (χ1n) is 10.1. The Labute approximate surface area is 172 Å². The third kappa shape index (κ3) is 5.34. The van der Waals surface area contributed by atoms with Gasteiger partial charge in [-0.25, -0.2) is 19.7 Å². The molecule has 8 nitrogen and oxygen atoms in total. The van der Waals surface area contributed by atoms with Gasteiger partial charge in [0, 0.05) is 50.1 Å². The van der Waals surface area contributed by atoms with E-state index in [1.165, 1.54) is 0 Å². The molecule has 2 aromatic heterocycles. The largest absolute Gasteiger partial charge is 0.473 e. The lowest BCUT2D eigenvalue weighted by Crippen LogP contribution is -2.50. The van der Waals surface area contributed by atoms with Gasteiger partial charge < -0.3 is 19.9 Å². The summed E-state index contributed by atoms with van der Waals surface area (Å²) in [6.07, 6.45) is 1.64. The fraction of sp³-hybridized carbons (Fsp3) is 0.524. The number of anilines is 2. The average molecular weight is 399 g/mol. The number of hydrogen-bond acceptors (Lipinski definition) is 6. The van der Waals surface area contributed by atoms with Crippen LogP contribution in [0.3, 0.4) is 0 Å². The number of rotatable bonds is 5. The van der Waals surface area contributed by atoms with Crippen molar-refractivity contribution < 1.29 is 9.53 Å². The molecule has 1 aliphatic rings. The Hall–Kier alpha value is -2.90. The third-order valence-electron chi connectivity index (χ3n) is 4.63. The van der Waals surface area contributed by atoms with Gasteiger partial charge in [-0.3, -0.25) is 0 Å². The second-order valence-corrected chi connectivity index (χ2v) is 7.81. The number of carbonyl (C=O) groups excluding carboxylic acids is 1. The van der Waals surface area contributed by atoms with Crippen LogP contribution in [-0.2, 0) is 0 Å². The average Bonchev–Trinajstić information content (AvgIpc) is 2.68. The second-order valence-electron chi connectivity index (χ2n) is 7.81. The summed E-state index contributed by atoms with van der Waals surface area (Å²) in [5.41, 5.74) is 1.55. The number of amides is 2. The van der Waals surface area contributed by atoms with Crippen LogP contribution in [0.25, 0.3) is 0 Å². The first-order valence-corrected chi connectivity index (χ1v) is 10.1. The van der Waals surface area contributed by atoms with Crippen molar-refractivity contribution in [3.05, 3.63) is 35.9 Å². The molecular weight excluding hydrogens is 368 g/mol. The SMILES string of the molecule is Cc1cc(N2CCN(C(=O)Nc3cccnc3OC(C)C)CC2)nc(C(C)C)n1. The molecule has 1 fully saturated rings. The number of urea groups is 1. The van der Waals surface area contributed by atoms with Crippen LogP contribution < -0.4 is 15.0 Å². The van der Waals surface area contributed by atoms with Crippen molar-refractivity contribution in [2.75, 3.05) is 36.4 Å². The van der Waals surface area contributed by atoms with E-state index in [1.54, 1.807) is 23.2 Å². The normalized spacial score (nSPS) is 14.4. The van der Waals surface area contributed by atoms with Crippen molar-refractivity contribution in [1.29, 1.82) is 0 Å². The van der Waals surface area contributed by atoms with E-state index in [0.29, 0.717) is 24.7 Å². The molecule has 0 atom stereocenters. The van der Waals surface area contributed by atoms with E-state index in [1.807, 2.05) is 26.8 Å². The summed E-state index contributed by atoms with van der Waals surface area (Å²) in [4.78, 5) is 30.2. The summed E-state index contributed by atoms with van der Waals surface area (Å²) in [6.45, 7) is 12.7. The number of nitrogens with zero attached hydrogens (tertiary/aromatic N) is 5. The van der Waals surface area contributed by atoms with Crippen LogP contribution in [0.1, 0.15) is 45.1 Å². The molecule has 1 aliphatic heterocycles. The Morgan fingerprint density at radius 3 is 2.52 bits per heavy atom. The fourth-order valence-corrected chi connectivity index (χ4v) is 3.13. The minimum atomic E-state index is -0.145. The molecule has 0 aromatic carbocycles. The van der Waals surface area contributed by atoms with Gasteiger partial charge in [0.05, 0.1) is 6.10 Å². The molecule has 0 unspecified atom stereocenters. The Morgan fingerprint density at radius 1 is 1.14 bits per heavy atom.